The van der Waals surface area contributed by atoms with Crippen molar-refractivity contribution >= 4 is 29.2 Å². The van der Waals surface area contributed by atoms with Gasteiger partial charge in [-0.05, 0) is 32.1 Å². The number of carbonyl (C=O) groups excluding carboxylic acids is 1. The number of nitrogens with one attached hydrogen (secondary N) is 2. The first-order valence-corrected chi connectivity index (χ1v) is 9.77. The largest absolute Gasteiger partial charge is 0.480 e. The molecular weight excluding hydrogens is 408 g/mol. The molecule has 0 unspecified atom stereocenters. The number of hydrazine groups is 2. The van der Waals surface area contributed by atoms with Crippen LogP contribution in [0.2, 0.25) is 0 Å². The highest BCUT2D eigenvalue weighted by Gasteiger charge is 2.30. The van der Waals surface area contributed by atoms with Crippen molar-refractivity contribution in [3.05, 3.63) is 18.3 Å². The number of aromatic nitrogens is 4. The second kappa shape index (κ2) is 12.2. The predicted molar refractivity (Wildman–Crippen MR) is 111 cm³/mol. The fourth-order valence-corrected chi connectivity index (χ4v) is 2.81. The van der Waals surface area contributed by atoms with Crippen molar-refractivity contribution in [3.63, 3.8) is 0 Å². The van der Waals surface area contributed by atoms with Gasteiger partial charge in [-0.1, -0.05) is 0 Å². The van der Waals surface area contributed by atoms with E-state index in [1.807, 2.05) is 0 Å². The van der Waals surface area contributed by atoms with Crippen molar-refractivity contribution in [1.82, 2.24) is 30.5 Å². The Balaban J connectivity index is 1.70. The molecule has 0 aromatic carbocycles. The van der Waals surface area contributed by atoms with Gasteiger partial charge in [0.05, 0.1) is 19.1 Å². The number of guanidine groups is 1. The van der Waals surface area contributed by atoms with Crippen LogP contribution in [0.3, 0.4) is 0 Å². The third-order valence-electron chi connectivity index (χ3n) is 4.36. The van der Waals surface area contributed by atoms with Crippen LogP contribution in [0.15, 0.2) is 17.5 Å². The summed E-state index contributed by atoms with van der Waals surface area (Å²) in [5.41, 5.74) is 13.9. The number of carboxylic acids is 1. The first kappa shape index (κ1) is 23.8. The number of fused-ring (bicyclic) bond motifs is 1. The highest BCUT2D eigenvalue weighted by atomic mass is 16.6. The molecule has 0 saturated heterocycles. The molecule has 2 aromatic rings. The molecule has 0 radical (unpaired) electrons. The summed E-state index contributed by atoms with van der Waals surface area (Å²) in [6.07, 6.45) is 5.65. The number of aliphatic carboxylic acids is 1. The quantitative estimate of drug-likeness (QED) is 0.0763. The number of unbranched alkanes of at least 4 members (excludes halogenated alkanes) is 2. The van der Waals surface area contributed by atoms with Crippen molar-refractivity contribution < 1.29 is 19.4 Å². The van der Waals surface area contributed by atoms with Crippen LogP contribution in [0.5, 0.6) is 0 Å². The lowest BCUT2D eigenvalue weighted by Gasteiger charge is -2.26. The second-order valence-corrected chi connectivity index (χ2v) is 6.65. The number of H-pyrrole nitrogens is 1. The van der Waals surface area contributed by atoms with Crippen LogP contribution in [0.4, 0.5) is 4.79 Å². The number of aryl methyl sites for hydroxylation is 1. The Kier molecular flexibility index (Phi) is 9.38. The van der Waals surface area contributed by atoms with E-state index < -0.39 is 18.1 Å². The number of ether oxygens (including phenoxy) is 1. The van der Waals surface area contributed by atoms with E-state index in [9.17, 15) is 14.7 Å². The van der Waals surface area contributed by atoms with Gasteiger partial charge in [0.2, 0.25) is 0 Å². The maximum absolute atomic E-state index is 12.2. The van der Waals surface area contributed by atoms with Crippen LogP contribution >= 0.6 is 0 Å². The summed E-state index contributed by atoms with van der Waals surface area (Å²) >= 11 is 0. The van der Waals surface area contributed by atoms with E-state index >= 15 is 0 Å². The summed E-state index contributed by atoms with van der Waals surface area (Å²) in [5.74, 6) is 4.71. The third kappa shape index (κ3) is 7.67. The Morgan fingerprint density at radius 2 is 2.06 bits per heavy atom. The molecule has 1 amide bonds. The lowest BCUT2D eigenvalue weighted by atomic mass is 10.1. The fraction of sp³-hybridized carbons (Fsp3) is 0.529. The molecule has 2 rings (SSSR count). The third-order valence-corrected chi connectivity index (χ3v) is 4.36. The van der Waals surface area contributed by atoms with Gasteiger partial charge >= 0.3 is 12.1 Å². The molecule has 2 aromatic heterocycles. The van der Waals surface area contributed by atoms with E-state index in [0.29, 0.717) is 30.7 Å². The van der Waals surface area contributed by atoms with Crippen LogP contribution in [0.1, 0.15) is 37.9 Å². The molecule has 9 N–H and O–H groups in total. The molecule has 1 atom stereocenters. The van der Waals surface area contributed by atoms with Crippen LogP contribution in [0.25, 0.3) is 11.2 Å². The van der Waals surface area contributed by atoms with Gasteiger partial charge in [-0.25, -0.2) is 29.5 Å². The van der Waals surface area contributed by atoms with E-state index in [1.54, 1.807) is 12.5 Å². The molecular formula is C17H28N10O4. The summed E-state index contributed by atoms with van der Waals surface area (Å²) in [7, 11) is 0. The Morgan fingerprint density at radius 3 is 2.77 bits per heavy atom. The van der Waals surface area contributed by atoms with Crippen molar-refractivity contribution in [2.45, 2.75) is 44.6 Å². The van der Waals surface area contributed by atoms with Gasteiger partial charge in [-0.15, -0.1) is 0 Å². The highest BCUT2D eigenvalue weighted by molar-refractivity contribution is 5.79. The molecule has 0 aliphatic carbocycles. The second-order valence-electron chi connectivity index (χ2n) is 6.65. The van der Waals surface area contributed by atoms with E-state index in [4.69, 9.17) is 22.0 Å². The van der Waals surface area contributed by atoms with Crippen molar-refractivity contribution in [2.24, 2.45) is 22.3 Å². The number of nitrogens with two attached hydrogens (primary N) is 3. The number of nitrogens with zero attached hydrogens (tertiary/aromatic N) is 5. The van der Waals surface area contributed by atoms with Crippen molar-refractivity contribution in [3.8, 4) is 0 Å². The van der Waals surface area contributed by atoms with Crippen LogP contribution in [-0.4, -0.2) is 67.3 Å². The minimum atomic E-state index is -1.23. The average Bonchev–Trinajstić information content (AvgIpc) is 3.20. The SMILES string of the molecule is NNN(C(=O)OCCCCCc1ncc2[nH]cnc2n1)[C@@H](CCCN=C(N)N)C(=O)O. The number of aliphatic imine (C=N–C) groups is 1. The Morgan fingerprint density at radius 1 is 1.26 bits per heavy atom. The first-order valence-electron chi connectivity index (χ1n) is 9.77. The summed E-state index contributed by atoms with van der Waals surface area (Å²) in [6.45, 7) is 0.354. The standard InChI is InChI=1S/C17H28N10O4/c18-16(19)21-7-4-5-12(15(28)29)27(26-20)17(30)31-8-3-1-2-6-13-22-9-11-14(25-13)24-10-23-11/h9-10,12,26H,1-8,20H2,(H,28,29)(H4,18,19,21)(H,22,23,24,25)/t12-/m0/s1. The van der Waals surface area contributed by atoms with E-state index in [0.717, 1.165) is 23.4 Å². The molecule has 0 aliphatic rings. The molecule has 0 bridgehead atoms. The molecule has 170 valence electrons. The lowest BCUT2D eigenvalue weighted by Crippen LogP contribution is -2.55. The van der Waals surface area contributed by atoms with E-state index in [2.05, 4.69) is 30.5 Å². The highest BCUT2D eigenvalue weighted by Crippen LogP contribution is 2.10. The van der Waals surface area contributed by atoms with Gasteiger partial charge in [-0.3, -0.25) is 10.8 Å². The number of aromatic amines is 1. The summed E-state index contributed by atoms with van der Waals surface area (Å²) in [6, 6.07) is -1.22. The van der Waals surface area contributed by atoms with Crippen LogP contribution < -0.4 is 22.8 Å². The maximum atomic E-state index is 12.2. The van der Waals surface area contributed by atoms with Crippen LogP contribution in [0, 0.1) is 0 Å². The van der Waals surface area contributed by atoms with Gasteiger partial charge < -0.3 is 26.3 Å². The molecule has 0 fully saturated rings. The van der Waals surface area contributed by atoms with Crippen molar-refractivity contribution in [2.75, 3.05) is 13.2 Å². The van der Waals surface area contributed by atoms with Gasteiger partial charge in [0.25, 0.3) is 0 Å². The van der Waals surface area contributed by atoms with Crippen molar-refractivity contribution in [1.29, 1.82) is 0 Å². The zero-order chi connectivity index (χ0) is 22.6. The maximum Gasteiger partial charge on any atom is 0.426 e. The number of rotatable bonds is 13. The van der Waals surface area contributed by atoms with Gasteiger partial charge in [-0.2, -0.15) is 5.53 Å². The molecule has 14 heteroatoms. The number of carbonyl (C=O) groups is 2. The summed E-state index contributed by atoms with van der Waals surface area (Å²) in [5, 5.41) is 10.1. The predicted octanol–water partition coefficient (Wildman–Crippen LogP) is -0.611. The molecule has 31 heavy (non-hydrogen) atoms. The molecule has 0 saturated carbocycles. The van der Waals surface area contributed by atoms with E-state index in [1.165, 1.54) is 0 Å². The lowest BCUT2D eigenvalue weighted by molar-refractivity contribution is -0.144. The van der Waals surface area contributed by atoms with Gasteiger partial charge in [0.15, 0.2) is 17.6 Å². The van der Waals surface area contributed by atoms with E-state index in [-0.39, 0.29) is 25.5 Å². The van der Waals surface area contributed by atoms with Gasteiger partial charge in [0.1, 0.15) is 11.3 Å². The minimum absolute atomic E-state index is 0.0890. The number of hydrogen-bond donors (Lipinski definition) is 6. The first-order chi connectivity index (χ1) is 14.9. The minimum Gasteiger partial charge on any atom is -0.480 e. The Bertz CT molecular complexity index is 883. The fourth-order valence-electron chi connectivity index (χ4n) is 2.81. The summed E-state index contributed by atoms with van der Waals surface area (Å²) in [4.78, 5) is 43.1. The Hall–Kier alpha value is -3.52. The smallest absolute Gasteiger partial charge is 0.426 e. The van der Waals surface area contributed by atoms with Crippen LogP contribution in [-0.2, 0) is 16.0 Å². The zero-order valence-corrected chi connectivity index (χ0v) is 17.0. The monoisotopic (exact) mass is 436 g/mol. The summed E-state index contributed by atoms with van der Waals surface area (Å²) < 4.78 is 5.14. The average molecular weight is 436 g/mol. The number of hydrogen-bond acceptors (Lipinski definition) is 9. The Labute approximate surface area is 178 Å². The molecule has 2 heterocycles. The topological polar surface area (TPSA) is 224 Å². The van der Waals surface area contributed by atoms with Gasteiger partial charge in [0, 0.05) is 13.0 Å². The number of imidazole rings is 1. The number of amides is 1. The number of carboxylic acid groups (broad SMARTS) is 1. The molecule has 0 aliphatic heterocycles. The zero-order valence-electron chi connectivity index (χ0n) is 17.0. The molecule has 0 spiro atoms. The normalized spacial score (nSPS) is 11.8. The molecule has 14 nitrogen and oxygen atoms in total.